The third-order valence-electron chi connectivity index (χ3n) is 3.15. The number of pyridine rings is 1. The largest absolute Gasteiger partial charge is 0.549 e. The Morgan fingerprint density at radius 2 is 2.17 bits per heavy atom. The van der Waals surface area contributed by atoms with Crippen molar-refractivity contribution in [2.75, 3.05) is 27.7 Å². The van der Waals surface area contributed by atoms with Crippen molar-refractivity contribution in [1.29, 1.82) is 0 Å². The molecule has 0 aliphatic rings. The van der Waals surface area contributed by atoms with Crippen LogP contribution < -0.4 is 11.0 Å². The molecule has 0 saturated heterocycles. The van der Waals surface area contributed by atoms with Gasteiger partial charge in [-0.3, -0.25) is 15.0 Å². The maximum Gasteiger partial charge on any atom is 0.219 e. The van der Waals surface area contributed by atoms with Gasteiger partial charge in [-0.15, -0.1) is 0 Å². The minimum absolute atomic E-state index is 0.0810. The molecule has 8 nitrogen and oxygen atoms in total. The second kappa shape index (κ2) is 8.57. The van der Waals surface area contributed by atoms with E-state index in [1.54, 1.807) is 19.3 Å². The number of hydrogen-bond donors (Lipinski definition) is 3. The van der Waals surface area contributed by atoms with E-state index in [1.807, 2.05) is 26.2 Å². The summed E-state index contributed by atoms with van der Waals surface area (Å²) < 4.78 is 16.6. The van der Waals surface area contributed by atoms with Crippen LogP contribution in [0.15, 0.2) is 40.1 Å². The summed E-state index contributed by atoms with van der Waals surface area (Å²) in [6, 6.07) is 3.99. The predicted octanol–water partition coefficient (Wildman–Crippen LogP) is 0.643. The molecule has 0 aliphatic heterocycles. The van der Waals surface area contributed by atoms with Crippen LogP contribution in [0.25, 0.3) is 0 Å². The highest BCUT2D eigenvalue weighted by molar-refractivity contribution is 7.13. The molecule has 2 heterocycles. The molecule has 0 spiro atoms. The monoisotopic (exact) mass is 350 g/mol. The lowest BCUT2D eigenvalue weighted by atomic mass is 10.2. The van der Waals surface area contributed by atoms with Gasteiger partial charge >= 0.3 is 0 Å². The Morgan fingerprint density at radius 1 is 1.42 bits per heavy atom. The molecule has 0 saturated carbocycles. The van der Waals surface area contributed by atoms with Crippen LogP contribution in [0.2, 0.25) is 0 Å². The van der Waals surface area contributed by atoms with E-state index in [0.29, 0.717) is 17.4 Å². The van der Waals surface area contributed by atoms with E-state index in [4.69, 9.17) is 0 Å². The van der Waals surface area contributed by atoms with Crippen LogP contribution in [-0.4, -0.2) is 56.0 Å². The SMILES string of the molecule is CN=c1[nH][s+]([O-])[nH]c1=NC/C(O)=C\Cc1cc(CN(C)C)ccn1. The molecule has 2 rings (SSSR count). The van der Waals surface area contributed by atoms with Gasteiger partial charge in [0.25, 0.3) is 0 Å². The van der Waals surface area contributed by atoms with E-state index in [-0.39, 0.29) is 12.3 Å². The zero-order valence-electron chi connectivity index (χ0n) is 14.0. The lowest BCUT2D eigenvalue weighted by Crippen LogP contribution is -2.25. The molecular weight excluding hydrogens is 328 g/mol. The molecule has 0 fully saturated rings. The molecule has 2 aromatic rings. The van der Waals surface area contributed by atoms with Crippen LogP contribution in [0.5, 0.6) is 0 Å². The fourth-order valence-electron chi connectivity index (χ4n) is 2.11. The highest BCUT2D eigenvalue weighted by atomic mass is 32.2. The molecule has 2 aromatic heterocycles. The summed E-state index contributed by atoms with van der Waals surface area (Å²) in [6.45, 7) is 0.922. The van der Waals surface area contributed by atoms with Crippen molar-refractivity contribution in [3.05, 3.63) is 52.4 Å². The normalized spacial score (nSPS) is 14.7. The number of allylic oxidation sites excluding steroid dienone is 1. The summed E-state index contributed by atoms with van der Waals surface area (Å²) >= 11 is -1.42. The number of H-pyrrole nitrogens is 2. The highest BCUT2D eigenvalue weighted by Crippen LogP contribution is 2.06. The second-order valence-corrected chi connectivity index (χ2v) is 6.45. The molecule has 0 radical (unpaired) electrons. The molecular formula is C15H22N6O2S. The molecule has 24 heavy (non-hydrogen) atoms. The number of aromatic nitrogens is 3. The number of aliphatic hydroxyl groups excluding tert-OH is 1. The lowest BCUT2D eigenvalue weighted by Gasteiger charge is -2.09. The molecule has 0 aromatic carbocycles. The minimum Gasteiger partial charge on any atom is -0.549 e. The first-order valence-corrected chi connectivity index (χ1v) is 8.56. The van der Waals surface area contributed by atoms with E-state index in [1.165, 1.54) is 5.56 Å². The van der Waals surface area contributed by atoms with E-state index in [0.717, 1.165) is 12.2 Å². The fraction of sp³-hybridized carbons (Fsp3) is 0.400. The van der Waals surface area contributed by atoms with Crippen molar-refractivity contribution >= 4 is 11.1 Å². The summed E-state index contributed by atoms with van der Waals surface area (Å²) in [4.78, 5) is 14.5. The average molecular weight is 350 g/mol. The number of nitrogens with one attached hydrogen (secondary N) is 2. The lowest BCUT2D eigenvalue weighted by molar-refractivity contribution is 0.399. The molecule has 1 atom stereocenters. The topological polar surface area (TPSA) is 116 Å². The van der Waals surface area contributed by atoms with Crippen LogP contribution in [0.4, 0.5) is 0 Å². The molecule has 0 aliphatic carbocycles. The molecule has 0 amide bonds. The smallest absolute Gasteiger partial charge is 0.219 e. The van der Waals surface area contributed by atoms with Gasteiger partial charge in [-0.1, -0.05) is 0 Å². The first-order chi connectivity index (χ1) is 11.5. The third kappa shape index (κ3) is 5.44. The van der Waals surface area contributed by atoms with Crippen LogP contribution in [0, 0.1) is 0 Å². The first-order valence-electron chi connectivity index (χ1n) is 7.41. The van der Waals surface area contributed by atoms with Crippen molar-refractivity contribution < 1.29 is 9.66 Å². The van der Waals surface area contributed by atoms with Crippen LogP contribution in [0.1, 0.15) is 11.3 Å². The third-order valence-corrected chi connectivity index (χ3v) is 3.91. The van der Waals surface area contributed by atoms with Crippen molar-refractivity contribution in [3.8, 4) is 0 Å². The molecule has 0 bridgehead atoms. The van der Waals surface area contributed by atoms with Crippen molar-refractivity contribution in [3.63, 3.8) is 0 Å². The molecule has 1 unspecified atom stereocenters. The van der Waals surface area contributed by atoms with Gasteiger partial charge in [0.15, 0.2) is 0 Å². The molecule has 3 N–H and O–H groups in total. The molecule has 9 heteroatoms. The predicted molar refractivity (Wildman–Crippen MR) is 91.8 cm³/mol. The Kier molecular flexibility index (Phi) is 6.47. The van der Waals surface area contributed by atoms with Gasteiger partial charge in [0.05, 0.1) is 6.54 Å². The van der Waals surface area contributed by atoms with Crippen LogP contribution in [0.3, 0.4) is 0 Å². The van der Waals surface area contributed by atoms with Crippen LogP contribution >= 0.6 is 11.1 Å². The number of nitrogens with zero attached hydrogens (tertiary/aromatic N) is 4. The maximum atomic E-state index is 11.3. The number of aromatic amines is 2. The Balaban J connectivity index is 2.04. The summed E-state index contributed by atoms with van der Waals surface area (Å²) in [5.74, 6) is 0.122. The fourth-order valence-corrected chi connectivity index (χ4v) is 2.86. The van der Waals surface area contributed by atoms with E-state index in [9.17, 15) is 9.66 Å². The second-order valence-electron chi connectivity index (χ2n) is 5.50. The summed E-state index contributed by atoms with van der Waals surface area (Å²) in [5, 5.41) is 9.96. The Labute approximate surface area is 143 Å². The highest BCUT2D eigenvalue weighted by Gasteiger charge is 2.01. The van der Waals surface area contributed by atoms with Crippen LogP contribution in [-0.2, 0) is 13.0 Å². The molecule has 130 valence electrons. The first kappa shape index (κ1) is 18.1. The Bertz CT molecular complexity index is 831. The van der Waals surface area contributed by atoms with Gasteiger partial charge < -0.3 is 14.6 Å². The number of rotatable bonds is 6. The summed E-state index contributed by atoms with van der Waals surface area (Å²) in [5.41, 5.74) is 2.85. The summed E-state index contributed by atoms with van der Waals surface area (Å²) in [6.07, 6.45) is 3.96. The van der Waals surface area contributed by atoms with E-state index < -0.39 is 11.1 Å². The zero-order chi connectivity index (χ0) is 17.5. The van der Waals surface area contributed by atoms with Gasteiger partial charge in [-0.2, -0.15) is 8.75 Å². The quantitative estimate of drug-likeness (QED) is 0.524. The Hall–Kier alpha value is -2.23. The summed E-state index contributed by atoms with van der Waals surface area (Å²) in [7, 11) is 5.60. The number of hydrogen-bond acceptors (Lipinski definition) is 6. The van der Waals surface area contributed by atoms with Crippen molar-refractivity contribution in [2.45, 2.75) is 13.0 Å². The van der Waals surface area contributed by atoms with Gasteiger partial charge in [-0.05, 0) is 37.9 Å². The maximum absolute atomic E-state index is 11.3. The van der Waals surface area contributed by atoms with Crippen molar-refractivity contribution in [2.24, 2.45) is 9.98 Å². The zero-order valence-corrected chi connectivity index (χ0v) is 14.8. The standard InChI is InChI=1S/C15H22N6O2S/c1-16-14-15(20-24(23)19-14)18-9-13(22)5-4-12-8-11(6-7-17-12)10-21(2)3/h5-8,22H,4,9-10H2,1-3H3,(H,16,19)(H,18,20)/b13-5+. The van der Waals surface area contributed by atoms with Gasteiger partial charge in [0.1, 0.15) is 16.9 Å². The number of aliphatic hydroxyl groups is 1. The Morgan fingerprint density at radius 3 is 2.88 bits per heavy atom. The van der Waals surface area contributed by atoms with Gasteiger partial charge in [0, 0.05) is 31.9 Å². The van der Waals surface area contributed by atoms with E-state index in [2.05, 4.69) is 28.6 Å². The van der Waals surface area contributed by atoms with E-state index >= 15 is 0 Å². The minimum atomic E-state index is -1.42. The van der Waals surface area contributed by atoms with Crippen molar-refractivity contribution in [1.82, 2.24) is 18.6 Å². The average Bonchev–Trinajstić information content (AvgIpc) is 2.90. The van der Waals surface area contributed by atoms with Gasteiger partial charge in [0.2, 0.25) is 11.0 Å². The van der Waals surface area contributed by atoms with Gasteiger partial charge in [-0.25, -0.2) is 0 Å².